The Kier molecular flexibility index (Phi) is 2.67. The second kappa shape index (κ2) is 5.70. The van der Waals surface area contributed by atoms with Gasteiger partial charge in [0.15, 0.2) is 0 Å². The van der Waals surface area contributed by atoms with E-state index in [2.05, 4.69) is 100 Å². The van der Waals surface area contributed by atoms with Crippen molar-refractivity contribution in [3.05, 3.63) is 84.4 Å². The van der Waals surface area contributed by atoms with Gasteiger partial charge in [-0.1, -0.05) is 48.5 Å². The molecule has 5 aromatic carbocycles. The summed E-state index contributed by atoms with van der Waals surface area (Å²) >= 11 is 0. The second-order valence-corrected chi connectivity index (χ2v) is 12.6. The maximum Gasteiger partial charge on any atom is 0.254 e. The van der Waals surface area contributed by atoms with Crippen LogP contribution in [0.5, 0.6) is 0 Å². The monoisotopic (exact) mass is 531 g/mol. The van der Waals surface area contributed by atoms with Crippen LogP contribution in [0.25, 0.3) is 93.4 Å². The van der Waals surface area contributed by atoms with E-state index in [1.54, 1.807) is 0 Å². The summed E-state index contributed by atoms with van der Waals surface area (Å²) < 4.78 is 7.48. The first kappa shape index (κ1) is 19.7. The van der Waals surface area contributed by atoms with Crippen LogP contribution in [0.1, 0.15) is 11.6 Å². The molecule has 3 aliphatic heterocycles. The molecule has 0 atom stereocenters. The zero-order valence-electron chi connectivity index (χ0n) is 22.7. The summed E-state index contributed by atoms with van der Waals surface area (Å²) in [5, 5.41) is 8.01. The lowest BCUT2D eigenvalue weighted by Gasteiger charge is -2.34. The largest absolute Gasteiger partial charge is 0.307 e. The molecule has 190 valence electrons. The van der Waals surface area contributed by atoms with Gasteiger partial charge >= 0.3 is 0 Å². The normalized spacial score (nSPS) is 14.4. The van der Waals surface area contributed by atoms with Gasteiger partial charge in [0.25, 0.3) is 6.71 Å². The van der Waals surface area contributed by atoms with E-state index in [-0.39, 0.29) is 6.71 Å². The van der Waals surface area contributed by atoms with E-state index in [1.165, 1.54) is 98.8 Å². The molecule has 0 unspecified atom stereocenters. The Morgan fingerprint density at radius 1 is 0.548 bits per heavy atom. The summed E-state index contributed by atoms with van der Waals surface area (Å²) in [7, 11) is 0. The van der Waals surface area contributed by atoms with Crippen LogP contribution in [0.4, 0.5) is 0 Å². The molecule has 3 aliphatic rings. The highest BCUT2D eigenvalue weighted by Gasteiger charge is 2.46. The first-order chi connectivity index (χ1) is 20.7. The molecule has 42 heavy (non-hydrogen) atoms. The SMILES string of the molecule is Cc1nc2ccc3c4c2n1-c1cccc2c1B4c1c4c(cc5nc(C)n-2c15)c1cccc2c5cccc6c-3c4n(c65)c12. The van der Waals surface area contributed by atoms with Crippen molar-refractivity contribution in [3.8, 4) is 22.5 Å². The number of pyridine rings is 1. The van der Waals surface area contributed by atoms with Crippen LogP contribution in [0, 0.1) is 13.8 Å². The Labute approximate surface area is 238 Å². The molecule has 0 aliphatic carbocycles. The molecular formula is C36H18BN5. The number of rotatable bonds is 0. The van der Waals surface area contributed by atoms with Gasteiger partial charge in [-0.05, 0) is 65.5 Å². The van der Waals surface area contributed by atoms with Gasteiger partial charge in [-0.2, -0.15) is 0 Å². The molecule has 0 saturated carbocycles. The Morgan fingerprint density at radius 3 is 1.93 bits per heavy atom. The first-order valence-electron chi connectivity index (χ1n) is 14.7. The lowest BCUT2D eigenvalue weighted by molar-refractivity contribution is 0.981. The van der Waals surface area contributed by atoms with E-state index in [0.717, 1.165) is 22.7 Å². The van der Waals surface area contributed by atoms with Gasteiger partial charge in [0.1, 0.15) is 11.6 Å². The first-order valence-corrected chi connectivity index (χ1v) is 14.7. The molecule has 8 heterocycles. The highest BCUT2D eigenvalue weighted by molar-refractivity contribution is 7.02. The van der Waals surface area contributed by atoms with Crippen LogP contribution in [0.3, 0.4) is 0 Å². The number of aryl methyl sites for hydroxylation is 2. The molecule has 5 nitrogen and oxygen atoms in total. The van der Waals surface area contributed by atoms with E-state index in [1.807, 2.05) is 0 Å². The summed E-state index contributed by atoms with van der Waals surface area (Å²) in [5.41, 5.74) is 18.1. The van der Waals surface area contributed by atoms with Crippen molar-refractivity contribution in [1.29, 1.82) is 0 Å². The van der Waals surface area contributed by atoms with Gasteiger partial charge < -0.3 is 4.40 Å². The lowest BCUT2D eigenvalue weighted by Crippen LogP contribution is -2.60. The van der Waals surface area contributed by atoms with Crippen LogP contribution in [-0.4, -0.2) is 30.2 Å². The molecule has 10 aromatic rings. The quantitative estimate of drug-likeness (QED) is 0.182. The average Bonchev–Trinajstić information content (AvgIpc) is 3.71. The van der Waals surface area contributed by atoms with Gasteiger partial charge in [-0.25, -0.2) is 9.97 Å². The van der Waals surface area contributed by atoms with Crippen molar-refractivity contribution in [2.24, 2.45) is 0 Å². The van der Waals surface area contributed by atoms with Gasteiger partial charge in [-0.15, -0.1) is 0 Å². The zero-order valence-corrected chi connectivity index (χ0v) is 22.7. The Balaban J connectivity index is 1.49. The van der Waals surface area contributed by atoms with Crippen molar-refractivity contribution in [2.45, 2.75) is 13.8 Å². The van der Waals surface area contributed by atoms with Gasteiger partial charge in [0.2, 0.25) is 0 Å². The minimum Gasteiger partial charge on any atom is -0.307 e. The summed E-state index contributed by atoms with van der Waals surface area (Å²) in [5.74, 6) is 2.07. The van der Waals surface area contributed by atoms with E-state index in [4.69, 9.17) is 9.97 Å². The fraction of sp³-hybridized carbons (Fsp3) is 0.0556. The Hall–Kier alpha value is -5.36. The molecule has 0 spiro atoms. The fourth-order valence-corrected chi connectivity index (χ4v) is 9.71. The number of hydrogen-bond donors (Lipinski definition) is 0. The second-order valence-electron chi connectivity index (χ2n) is 12.6. The van der Waals surface area contributed by atoms with Gasteiger partial charge in [0.05, 0.1) is 38.6 Å². The van der Waals surface area contributed by atoms with E-state index >= 15 is 0 Å². The maximum absolute atomic E-state index is 5.25. The van der Waals surface area contributed by atoms with E-state index in [9.17, 15) is 0 Å². The predicted octanol–water partition coefficient (Wildman–Crippen LogP) is 5.85. The molecule has 6 heteroatoms. The molecule has 0 N–H and O–H groups in total. The average molecular weight is 531 g/mol. The smallest absolute Gasteiger partial charge is 0.254 e. The van der Waals surface area contributed by atoms with Crippen molar-refractivity contribution >= 4 is 94.0 Å². The predicted molar refractivity (Wildman–Crippen MR) is 172 cm³/mol. The maximum atomic E-state index is 5.25. The molecule has 0 fully saturated rings. The topological polar surface area (TPSA) is 40.0 Å². The van der Waals surface area contributed by atoms with Gasteiger partial charge in [0, 0.05) is 43.9 Å². The Morgan fingerprint density at radius 2 is 1.17 bits per heavy atom. The number of aromatic nitrogens is 5. The number of fused-ring (bicyclic) bond motifs is 6. The molecule has 13 rings (SSSR count). The Bertz CT molecular complexity index is 2990. The van der Waals surface area contributed by atoms with Crippen molar-refractivity contribution in [3.63, 3.8) is 0 Å². The minimum atomic E-state index is 0.101. The highest BCUT2D eigenvalue weighted by atomic mass is 15.1. The highest BCUT2D eigenvalue weighted by Crippen LogP contribution is 2.50. The summed E-state index contributed by atoms with van der Waals surface area (Å²) in [6, 6.07) is 27.6. The third kappa shape index (κ3) is 1.66. The van der Waals surface area contributed by atoms with Crippen molar-refractivity contribution in [2.75, 3.05) is 0 Å². The third-order valence-electron chi connectivity index (χ3n) is 10.9. The standard InChI is InChI=1S/C36H18BN5/c1-15-38-23-13-12-20-27-21-9-4-7-18-17-6-3-8-19-22-14-24-35-31(28(22)36(27)42(32(17)19)33(18)21)37-29(20)34(23)40(15)25-10-5-11-26(30(25)37)41(35)16(2)39-24/h3-14H,1-2H3. The van der Waals surface area contributed by atoms with Crippen LogP contribution >= 0.6 is 0 Å². The molecule has 5 aromatic heterocycles. The van der Waals surface area contributed by atoms with Gasteiger partial charge in [-0.3, -0.25) is 9.13 Å². The summed E-state index contributed by atoms with van der Waals surface area (Å²) in [4.78, 5) is 10.4. The van der Waals surface area contributed by atoms with Crippen LogP contribution in [-0.2, 0) is 0 Å². The molecule has 0 saturated heterocycles. The number of para-hydroxylation sites is 2. The third-order valence-corrected chi connectivity index (χ3v) is 10.9. The fourth-order valence-electron chi connectivity index (χ4n) is 9.71. The lowest BCUT2D eigenvalue weighted by atomic mass is 9.33. The summed E-state index contributed by atoms with van der Waals surface area (Å²) in [6.45, 7) is 4.41. The van der Waals surface area contributed by atoms with E-state index in [0.29, 0.717) is 0 Å². The summed E-state index contributed by atoms with van der Waals surface area (Å²) in [6.07, 6.45) is 0. The zero-order chi connectivity index (χ0) is 26.9. The van der Waals surface area contributed by atoms with Crippen LogP contribution in [0.15, 0.2) is 72.8 Å². The number of benzene rings is 5. The van der Waals surface area contributed by atoms with Crippen molar-refractivity contribution in [1.82, 2.24) is 23.5 Å². The molecule has 0 bridgehead atoms. The van der Waals surface area contributed by atoms with E-state index < -0.39 is 0 Å². The van der Waals surface area contributed by atoms with Crippen LogP contribution < -0.4 is 16.4 Å². The van der Waals surface area contributed by atoms with Crippen molar-refractivity contribution < 1.29 is 0 Å². The molecular weight excluding hydrogens is 513 g/mol. The molecule has 0 amide bonds. The number of hydrogen-bond acceptors (Lipinski definition) is 2. The van der Waals surface area contributed by atoms with Crippen LogP contribution in [0.2, 0.25) is 0 Å². The number of imidazole rings is 2. The minimum absolute atomic E-state index is 0.101. The number of nitrogens with zero attached hydrogens (tertiary/aromatic N) is 5. The molecule has 0 radical (unpaired) electrons.